The summed E-state index contributed by atoms with van der Waals surface area (Å²) < 4.78 is 0. The molecule has 0 aliphatic carbocycles. The van der Waals surface area contributed by atoms with Crippen LogP contribution in [0, 0.1) is 13.8 Å². The van der Waals surface area contributed by atoms with Gasteiger partial charge in [0.25, 0.3) is 0 Å². The lowest BCUT2D eigenvalue weighted by Crippen LogP contribution is -2.28. The highest BCUT2D eigenvalue weighted by Gasteiger charge is 2.11. The molecule has 2 atom stereocenters. The Bertz CT molecular complexity index is 413. The molecule has 1 rings (SSSR count). The number of carbonyl (C=O) groups is 1. The Kier molecular flexibility index (Phi) is 5.35. The van der Waals surface area contributed by atoms with Gasteiger partial charge in [-0.15, -0.1) is 0 Å². The highest BCUT2D eigenvalue weighted by molar-refractivity contribution is 5.76. The third-order valence-corrected chi connectivity index (χ3v) is 3.10. The molecule has 0 fully saturated rings. The lowest BCUT2D eigenvalue weighted by atomic mass is 10.00. The van der Waals surface area contributed by atoms with E-state index >= 15 is 0 Å². The molecule has 3 N–H and O–H groups in total. The topological polar surface area (TPSA) is 55.1 Å². The Morgan fingerprint density at radius 3 is 2.56 bits per heavy atom. The molecule has 1 aromatic rings. The van der Waals surface area contributed by atoms with E-state index in [1.165, 1.54) is 16.7 Å². The van der Waals surface area contributed by atoms with Crippen LogP contribution in [0.2, 0.25) is 0 Å². The van der Waals surface area contributed by atoms with Crippen molar-refractivity contribution in [1.29, 1.82) is 0 Å². The van der Waals surface area contributed by atoms with E-state index in [9.17, 15) is 4.79 Å². The highest BCUT2D eigenvalue weighted by atomic mass is 16.1. The van der Waals surface area contributed by atoms with Gasteiger partial charge in [0.1, 0.15) is 0 Å². The fraction of sp³-hybridized carbons (Fsp3) is 0.533. The van der Waals surface area contributed by atoms with Crippen LogP contribution in [0.15, 0.2) is 18.2 Å². The first-order chi connectivity index (χ1) is 8.40. The van der Waals surface area contributed by atoms with E-state index in [0.29, 0.717) is 6.42 Å². The molecule has 0 radical (unpaired) electrons. The minimum atomic E-state index is 0.0474. The summed E-state index contributed by atoms with van der Waals surface area (Å²) in [7, 11) is 0. The fourth-order valence-electron chi connectivity index (χ4n) is 2.06. The van der Waals surface area contributed by atoms with Crippen LogP contribution in [0.3, 0.4) is 0 Å². The molecule has 0 saturated heterocycles. The van der Waals surface area contributed by atoms with Crippen LogP contribution in [-0.2, 0) is 4.79 Å². The largest absolute Gasteiger partial charge is 0.350 e. The van der Waals surface area contributed by atoms with Gasteiger partial charge in [0, 0.05) is 12.5 Å². The Labute approximate surface area is 110 Å². The van der Waals surface area contributed by atoms with E-state index < -0.39 is 0 Å². The summed E-state index contributed by atoms with van der Waals surface area (Å²) in [5, 5.41) is 3.02. The summed E-state index contributed by atoms with van der Waals surface area (Å²) in [5.41, 5.74) is 9.28. The monoisotopic (exact) mass is 248 g/mol. The lowest BCUT2D eigenvalue weighted by Gasteiger charge is -2.17. The van der Waals surface area contributed by atoms with Crippen molar-refractivity contribution in [1.82, 2.24) is 5.32 Å². The number of nitrogens with two attached hydrogens (primary N) is 1. The first-order valence-corrected chi connectivity index (χ1v) is 6.52. The molecule has 100 valence electrons. The van der Waals surface area contributed by atoms with Crippen molar-refractivity contribution in [2.24, 2.45) is 5.73 Å². The normalized spacial score (nSPS) is 14.1. The van der Waals surface area contributed by atoms with Crippen molar-refractivity contribution in [2.75, 3.05) is 0 Å². The van der Waals surface area contributed by atoms with Crippen molar-refractivity contribution in [3.05, 3.63) is 34.9 Å². The molecule has 18 heavy (non-hydrogen) atoms. The third kappa shape index (κ3) is 4.49. The molecule has 3 nitrogen and oxygen atoms in total. The quantitative estimate of drug-likeness (QED) is 0.841. The van der Waals surface area contributed by atoms with Crippen LogP contribution in [-0.4, -0.2) is 11.9 Å². The van der Waals surface area contributed by atoms with Gasteiger partial charge in [0.05, 0.1) is 6.04 Å². The van der Waals surface area contributed by atoms with Gasteiger partial charge in [-0.3, -0.25) is 4.79 Å². The molecule has 0 aliphatic heterocycles. The van der Waals surface area contributed by atoms with E-state index in [0.717, 1.165) is 6.42 Å². The Hall–Kier alpha value is -1.35. The van der Waals surface area contributed by atoms with Crippen LogP contribution in [0.4, 0.5) is 0 Å². The van der Waals surface area contributed by atoms with Crippen LogP contribution in [0.1, 0.15) is 49.4 Å². The third-order valence-electron chi connectivity index (χ3n) is 3.10. The minimum absolute atomic E-state index is 0.0474. The number of nitrogens with one attached hydrogen (secondary N) is 1. The molecule has 0 heterocycles. The second kappa shape index (κ2) is 6.55. The summed E-state index contributed by atoms with van der Waals surface area (Å²) in [6.45, 7) is 8.08. The van der Waals surface area contributed by atoms with E-state index in [2.05, 4.69) is 37.4 Å². The van der Waals surface area contributed by atoms with E-state index in [1.54, 1.807) is 0 Å². The van der Waals surface area contributed by atoms with E-state index in [-0.39, 0.29) is 18.0 Å². The van der Waals surface area contributed by atoms with Gasteiger partial charge in [-0.2, -0.15) is 0 Å². The zero-order valence-electron chi connectivity index (χ0n) is 11.8. The van der Waals surface area contributed by atoms with Gasteiger partial charge in [-0.25, -0.2) is 0 Å². The van der Waals surface area contributed by atoms with Gasteiger partial charge in [-0.1, -0.05) is 23.8 Å². The van der Waals surface area contributed by atoms with Crippen molar-refractivity contribution in [2.45, 2.75) is 52.6 Å². The number of carbonyl (C=O) groups excluding carboxylic acids is 1. The van der Waals surface area contributed by atoms with Crippen molar-refractivity contribution >= 4 is 5.91 Å². The number of amides is 1. The first-order valence-electron chi connectivity index (χ1n) is 6.52. The molecule has 0 saturated carbocycles. The van der Waals surface area contributed by atoms with Crippen LogP contribution < -0.4 is 11.1 Å². The number of aryl methyl sites for hydroxylation is 2. The number of benzene rings is 1. The van der Waals surface area contributed by atoms with Crippen LogP contribution in [0.5, 0.6) is 0 Å². The van der Waals surface area contributed by atoms with Crippen molar-refractivity contribution < 1.29 is 4.79 Å². The average molecular weight is 248 g/mol. The SMILES string of the molecule is Cc1ccc(C(C)NC(=O)CCC(C)N)c(C)c1. The molecular weight excluding hydrogens is 224 g/mol. The van der Waals surface area contributed by atoms with Gasteiger partial charge in [0.15, 0.2) is 0 Å². The molecule has 0 bridgehead atoms. The number of hydrogen-bond donors (Lipinski definition) is 2. The molecule has 0 aliphatic rings. The smallest absolute Gasteiger partial charge is 0.220 e. The molecule has 3 heteroatoms. The summed E-state index contributed by atoms with van der Waals surface area (Å²) in [5.74, 6) is 0.0692. The Balaban J connectivity index is 2.59. The van der Waals surface area contributed by atoms with Crippen molar-refractivity contribution in [3.8, 4) is 0 Å². The standard InChI is InChI=1S/C15H24N2O/c1-10-5-7-14(11(2)9-10)13(4)17-15(18)8-6-12(3)16/h5,7,9,12-13H,6,8,16H2,1-4H3,(H,17,18). The summed E-state index contributed by atoms with van der Waals surface area (Å²) in [6, 6.07) is 6.42. The number of rotatable bonds is 5. The second-order valence-electron chi connectivity index (χ2n) is 5.17. The Morgan fingerprint density at radius 1 is 1.33 bits per heavy atom. The maximum absolute atomic E-state index is 11.7. The van der Waals surface area contributed by atoms with Crippen molar-refractivity contribution in [3.63, 3.8) is 0 Å². The van der Waals surface area contributed by atoms with E-state index in [1.807, 2.05) is 13.8 Å². The van der Waals surface area contributed by atoms with Gasteiger partial charge in [-0.05, 0) is 45.2 Å². The van der Waals surface area contributed by atoms with Gasteiger partial charge >= 0.3 is 0 Å². The first kappa shape index (κ1) is 14.7. The molecular formula is C15H24N2O. The molecule has 1 amide bonds. The summed E-state index contributed by atoms with van der Waals surface area (Å²) >= 11 is 0. The van der Waals surface area contributed by atoms with Crippen LogP contribution in [0.25, 0.3) is 0 Å². The lowest BCUT2D eigenvalue weighted by molar-refractivity contribution is -0.121. The van der Waals surface area contributed by atoms with Gasteiger partial charge < -0.3 is 11.1 Å². The Morgan fingerprint density at radius 2 is 2.00 bits per heavy atom. The van der Waals surface area contributed by atoms with Gasteiger partial charge in [0.2, 0.25) is 5.91 Å². The maximum Gasteiger partial charge on any atom is 0.220 e. The predicted molar refractivity (Wildman–Crippen MR) is 75.4 cm³/mol. The molecule has 0 aromatic heterocycles. The predicted octanol–water partition coefficient (Wildman–Crippen LogP) is 2.61. The zero-order valence-corrected chi connectivity index (χ0v) is 11.8. The zero-order chi connectivity index (χ0) is 13.7. The fourth-order valence-corrected chi connectivity index (χ4v) is 2.06. The van der Waals surface area contributed by atoms with Crippen LogP contribution >= 0.6 is 0 Å². The summed E-state index contributed by atoms with van der Waals surface area (Å²) in [6.07, 6.45) is 1.22. The summed E-state index contributed by atoms with van der Waals surface area (Å²) in [4.78, 5) is 11.7. The average Bonchev–Trinajstić information content (AvgIpc) is 2.26. The number of hydrogen-bond acceptors (Lipinski definition) is 2. The second-order valence-corrected chi connectivity index (χ2v) is 5.17. The molecule has 2 unspecified atom stereocenters. The molecule has 1 aromatic carbocycles. The maximum atomic E-state index is 11.7. The minimum Gasteiger partial charge on any atom is -0.350 e. The molecule has 0 spiro atoms. The van der Waals surface area contributed by atoms with E-state index in [4.69, 9.17) is 5.73 Å². The highest BCUT2D eigenvalue weighted by Crippen LogP contribution is 2.18.